The van der Waals surface area contributed by atoms with Gasteiger partial charge in [0, 0.05) is 33.2 Å². The average molecular weight is 566 g/mol. The molecule has 180 valence electrons. The van der Waals surface area contributed by atoms with E-state index < -0.39 is 0 Å². The van der Waals surface area contributed by atoms with Gasteiger partial charge in [-0.3, -0.25) is 14.7 Å². The van der Waals surface area contributed by atoms with Gasteiger partial charge in [0.2, 0.25) is 0 Å². The number of hydrogen-bond acceptors (Lipinski definition) is 4. The number of benzene rings is 2. The van der Waals surface area contributed by atoms with Crippen LogP contribution in [0.5, 0.6) is 5.75 Å². The lowest BCUT2D eigenvalue weighted by Crippen LogP contribution is -2.36. The van der Waals surface area contributed by atoms with Crippen molar-refractivity contribution in [3.8, 4) is 5.75 Å². The van der Waals surface area contributed by atoms with Gasteiger partial charge in [-0.1, -0.05) is 36.4 Å². The van der Waals surface area contributed by atoms with Crippen LogP contribution in [0.15, 0.2) is 53.5 Å². The monoisotopic (exact) mass is 565 g/mol. The fourth-order valence-electron chi connectivity index (χ4n) is 3.70. The second-order valence-corrected chi connectivity index (χ2v) is 7.97. The van der Waals surface area contributed by atoms with Crippen LogP contribution in [0.1, 0.15) is 36.5 Å². The maximum Gasteiger partial charge on any atom is 0.257 e. The van der Waals surface area contributed by atoms with Gasteiger partial charge in [0.15, 0.2) is 12.6 Å². The quantitative estimate of drug-likeness (QED) is 0.234. The lowest BCUT2D eigenvalue weighted by molar-refractivity contribution is -0.122. The lowest BCUT2D eigenvalue weighted by Gasteiger charge is -2.15. The summed E-state index contributed by atoms with van der Waals surface area (Å²) in [6.45, 7) is 7.29. The van der Waals surface area contributed by atoms with Gasteiger partial charge >= 0.3 is 0 Å². The minimum Gasteiger partial charge on any atom is -0.484 e. The number of carbonyl (C=O) groups is 1. The maximum atomic E-state index is 11.6. The molecule has 7 nitrogen and oxygen atoms in total. The molecule has 1 aliphatic heterocycles. The minimum absolute atomic E-state index is 0. The number of nitrogens with one attached hydrogen (secondary N) is 3. The van der Waals surface area contributed by atoms with Gasteiger partial charge in [0.05, 0.1) is 0 Å². The fourth-order valence-corrected chi connectivity index (χ4v) is 3.70. The first-order valence-corrected chi connectivity index (χ1v) is 11.4. The summed E-state index contributed by atoms with van der Waals surface area (Å²) in [5, 5.41) is 9.41. The van der Waals surface area contributed by atoms with Crippen molar-refractivity contribution in [1.29, 1.82) is 0 Å². The van der Waals surface area contributed by atoms with Gasteiger partial charge in [-0.15, -0.1) is 24.0 Å². The van der Waals surface area contributed by atoms with Gasteiger partial charge in [-0.05, 0) is 61.7 Å². The molecule has 3 rings (SSSR count). The van der Waals surface area contributed by atoms with Crippen LogP contribution in [-0.2, 0) is 24.4 Å². The van der Waals surface area contributed by atoms with Crippen molar-refractivity contribution in [3.63, 3.8) is 0 Å². The molecule has 0 atom stereocenters. The van der Waals surface area contributed by atoms with E-state index in [4.69, 9.17) is 4.74 Å². The van der Waals surface area contributed by atoms with Gasteiger partial charge in [0.25, 0.3) is 5.91 Å². The van der Waals surface area contributed by atoms with E-state index in [9.17, 15) is 4.79 Å². The molecule has 0 saturated carbocycles. The predicted molar refractivity (Wildman–Crippen MR) is 144 cm³/mol. The molecule has 1 saturated heterocycles. The molecule has 0 aromatic heterocycles. The molecule has 33 heavy (non-hydrogen) atoms. The number of halogens is 1. The van der Waals surface area contributed by atoms with Crippen molar-refractivity contribution in [1.82, 2.24) is 20.9 Å². The number of ether oxygens (including phenoxy) is 1. The van der Waals surface area contributed by atoms with Crippen molar-refractivity contribution in [2.45, 2.75) is 39.4 Å². The molecule has 3 N–H and O–H groups in total. The summed E-state index contributed by atoms with van der Waals surface area (Å²) >= 11 is 0. The fraction of sp³-hybridized carbons (Fsp3) is 0.440. The van der Waals surface area contributed by atoms with Crippen LogP contribution in [0.25, 0.3) is 0 Å². The Morgan fingerprint density at radius 3 is 2.30 bits per heavy atom. The summed E-state index contributed by atoms with van der Waals surface area (Å²) in [5.41, 5.74) is 3.64. The van der Waals surface area contributed by atoms with Gasteiger partial charge in [-0.25, -0.2) is 0 Å². The summed E-state index contributed by atoms with van der Waals surface area (Å²) in [4.78, 5) is 18.4. The molecule has 0 aliphatic carbocycles. The zero-order chi connectivity index (χ0) is 22.6. The third-order valence-electron chi connectivity index (χ3n) is 5.41. The van der Waals surface area contributed by atoms with Crippen LogP contribution in [0.3, 0.4) is 0 Å². The van der Waals surface area contributed by atoms with Crippen molar-refractivity contribution in [3.05, 3.63) is 65.2 Å². The van der Waals surface area contributed by atoms with Crippen molar-refractivity contribution in [2.24, 2.45) is 4.99 Å². The Labute approximate surface area is 214 Å². The number of aliphatic imine (C=N–C) groups is 1. The lowest BCUT2D eigenvalue weighted by atomic mass is 10.1. The van der Waals surface area contributed by atoms with E-state index in [1.165, 1.54) is 37.1 Å². The van der Waals surface area contributed by atoms with E-state index in [-0.39, 0.29) is 36.5 Å². The van der Waals surface area contributed by atoms with Crippen LogP contribution in [-0.4, -0.2) is 50.1 Å². The van der Waals surface area contributed by atoms with Crippen LogP contribution < -0.4 is 20.7 Å². The Hall–Kier alpha value is -2.33. The topological polar surface area (TPSA) is 78.0 Å². The molecule has 2 aromatic rings. The van der Waals surface area contributed by atoms with Crippen LogP contribution in [0, 0.1) is 0 Å². The van der Waals surface area contributed by atoms with Crippen molar-refractivity contribution < 1.29 is 9.53 Å². The number of nitrogens with zero attached hydrogens (tertiary/aromatic N) is 2. The maximum absolute atomic E-state index is 11.6. The Balaban J connectivity index is 0.00000385. The van der Waals surface area contributed by atoms with E-state index in [0.717, 1.165) is 18.1 Å². The molecule has 8 heteroatoms. The Bertz CT molecular complexity index is 883. The Morgan fingerprint density at radius 1 is 0.970 bits per heavy atom. The molecule has 0 radical (unpaired) electrons. The Morgan fingerprint density at radius 2 is 1.64 bits per heavy atom. The van der Waals surface area contributed by atoms with E-state index in [1.54, 1.807) is 7.05 Å². The molecule has 1 amide bonds. The van der Waals surface area contributed by atoms with E-state index in [2.05, 4.69) is 50.1 Å². The molecule has 0 unspecified atom stereocenters. The van der Waals surface area contributed by atoms with E-state index in [1.807, 2.05) is 31.2 Å². The number of likely N-dealkylation sites (tertiary alicyclic amines) is 1. The molecule has 1 heterocycles. The summed E-state index contributed by atoms with van der Waals surface area (Å²) in [5.74, 6) is 1.29. The standard InChI is InChI=1S/C25H35N5O2.HI/c1-3-27-24(31)19-32-23-8-6-7-22(15-23)17-29-25(26-2)28-16-20-9-11-21(12-10-20)18-30-13-4-5-14-30;/h6-12,15H,3-5,13-14,16-19H2,1-2H3,(H,27,31)(H2,26,28,29);1H. The molecule has 1 aliphatic rings. The van der Waals surface area contributed by atoms with Crippen molar-refractivity contribution in [2.75, 3.05) is 33.3 Å². The second-order valence-electron chi connectivity index (χ2n) is 7.97. The predicted octanol–water partition coefficient (Wildman–Crippen LogP) is 3.28. The molecule has 1 fully saturated rings. The zero-order valence-corrected chi connectivity index (χ0v) is 21.9. The minimum atomic E-state index is -0.121. The smallest absolute Gasteiger partial charge is 0.257 e. The van der Waals surface area contributed by atoms with Crippen LogP contribution in [0.4, 0.5) is 0 Å². The first-order chi connectivity index (χ1) is 15.7. The van der Waals surface area contributed by atoms with Crippen LogP contribution >= 0.6 is 24.0 Å². The molecule has 0 bridgehead atoms. The molecular weight excluding hydrogens is 529 g/mol. The second kappa shape index (κ2) is 14.7. The van der Waals surface area contributed by atoms with E-state index in [0.29, 0.717) is 25.4 Å². The number of carbonyl (C=O) groups excluding carboxylic acids is 1. The van der Waals surface area contributed by atoms with Gasteiger partial charge in [-0.2, -0.15) is 0 Å². The number of rotatable bonds is 10. The van der Waals surface area contributed by atoms with Crippen molar-refractivity contribution >= 4 is 35.8 Å². The summed E-state index contributed by atoms with van der Waals surface area (Å²) in [6, 6.07) is 16.5. The highest BCUT2D eigenvalue weighted by molar-refractivity contribution is 14.0. The average Bonchev–Trinajstić information content (AvgIpc) is 3.32. The number of likely N-dealkylation sites (N-methyl/N-ethyl adjacent to an activating group) is 1. The van der Waals surface area contributed by atoms with E-state index >= 15 is 0 Å². The summed E-state index contributed by atoms with van der Waals surface area (Å²) in [6.07, 6.45) is 2.64. The highest BCUT2D eigenvalue weighted by Crippen LogP contribution is 2.14. The molecular formula is C25H36IN5O2. The number of amides is 1. The largest absolute Gasteiger partial charge is 0.484 e. The number of guanidine groups is 1. The SMILES string of the molecule is CCNC(=O)COc1cccc(CNC(=NC)NCc2ccc(CN3CCCC3)cc2)c1.I. The number of hydrogen-bond donors (Lipinski definition) is 3. The van der Waals surface area contributed by atoms with Gasteiger partial charge in [0.1, 0.15) is 5.75 Å². The first kappa shape index (κ1) is 26.9. The van der Waals surface area contributed by atoms with Gasteiger partial charge < -0.3 is 20.7 Å². The first-order valence-electron chi connectivity index (χ1n) is 11.4. The Kier molecular flexibility index (Phi) is 12.0. The highest BCUT2D eigenvalue weighted by Gasteiger charge is 2.11. The molecule has 0 spiro atoms. The third-order valence-corrected chi connectivity index (χ3v) is 5.41. The highest BCUT2D eigenvalue weighted by atomic mass is 127. The molecule has 2 aromatic carbocycles. The zero-order valence-electron chi connectivity index (χ0n) is 19.6. The van der Waals surface area contributed by atoms with Crippen LogP contribution in [0.2, 0.25) is 0 Å². The third kappa shape index (κ3) is 9.59. The summed E-state index contributed by atoms with van der Waals surface area (Å²) in [7, 11) is 1.76. The normalized spacial score (nSPS) is 13.8. The summed E-state index contributed by atoms with van der Waals surface area (Å²) < 4.78 is 5.56.